The molecule has 126 valence electrons. The van der Waals surface area contributed by atoms with Crippen LogP contribution in [0.2, 0.25) is 0 Å². The number of amidine groups is 2. The van der Waals surface area contributed by atoms with Crippen LogP contribution in [0.3, 0.4) is 0 Å². The fourth-order valence-electron chi connectivity index (χ4n) is 2.82. The molecule has 24 heavy (non-hydrogen) atoms. The van der Waals surface area contributed by atoms with Crippen LogP contribution in [0.25, 0.3) is 0 Å². The van der Waals surface area contributed by atoms with Gasteiger partial charge in [0.15, 0.2) is 0 Å². The number of amides is 3. The van der Waals surface area contributed by atoms with Gasteiger partial charge >= 0.3 is 11.2 Å². The number of aliphatic imine (C=N–C) groups is 1. The van der Waals surface area contributed by atoms with Gasteiger partial charge in [-0.1, -0.05) is 44.2 Å². The molecular weight excluding hydrogens is 324 g/mol. The van der Waals surface area contributed by atoms with Gasteiger partial charge in [0.1, 0.15) is 6.54 Å². The van der Waals surface area contributed by atoms with Gasteiger partial charge in [-0.15, -0.1) is 0 Å². The number of hydrogen-bond donors (Lipinski definition) is 0. The molecule has 0 N–H and O–H groups in total. The topological polar surface area (TPSA) is 56.0 Å². The minimum Gasteiger partial charge on any atom is -0.269 e. The van der Waals surface area contributed by atoms with Crippen LogP contribution in [0.15, 0.2) is 35.3 Å². The monoisotopic (exact) mass is 345 g/mol. The number of benzene rings is 1. The highest BCUT2D eigenvalue weighted by molar-refractivity contribution is 8.14. The number of fused-ring (bicyclic) bond motifs is 1. The first kappa shape index (κ1) is 16.7. The molecule has 2 aliphatic heterocycles. The van der Waals surface area contributed by atoms with Gasteiger partial charge in [-0.25, -0.2) is 9.37 Å². The number of carbonyl (C=O) groups excluding carboxylic acids is 2. The Balaban J connectivity index is 2.02. The molecule has 1 fully saturated rings. The molecule has 0 aliphatic carbocycles. The summed E-state index contributed by atoms with van der Waals surface area (Å²) in [5, 5.41) is 1.12. The van der Waals surface area contributed by atoms with E-state index in [4.69, 9.17) is 0 Å². The van der Waals surface area contributed by atoms with E-state index in [9.17, 15) is 9.59 Å². The van der Waals surface area contributed by atoms with Crippen molar-refractivity contribution in [1.82, 2.24) is 9.80 Å². The standard InChI is InChI=1S/C17H21N4O2S/c1-11(2)24-16-18-14-13(15(22)20(4)17(23)19(14)3)21(16)10-12-8-6-5-7-9-12/h5-9,11,13H,10H2,1-4H3/q+1. The van der Waals surface area contributed by atoms with Crippen molar-refractivity contribution in [1.29, 1.82) is 0 Å². The summed E-state index contributed by atoms with van der Waals surface area (Å²) in [7, 11) is 3.19. The van der Waals surface area contributed by atoms with E-state index < -0.39 is 6.04 Å². The summed E-state index contributed by atoms with van der Waals surface area (Å²) in [6.07, 6.45) is 0. The summed E-state index contributed by atoms with van der Waals surface area (Å²) in [6.45, 7) is 4.75. The van der Waals surface area contributed by atoms with Crippen LogP contribution in [-0.4, -0.2) is 62.7 Å². The van der Waals surface area contributed by atoms with Gasteiger partial charge in [-0.05, 0) is 22.3 Å². The third-order valence-corrected chi connectivity index (χ3v) is 5.04. The highest BCUT2D eigenvalue weighted by Gasteiger charge is 2.53. The molecule has 2 heterocycles. The van der Waals surface area contributed by atoms with Crippen molar-refractivity contribution in [3.8, 4) is 0 Å². The second-order valence-corrected chi connectivity index (χ2v) is 7.72. The Hall–Kier alpha value is -2.15. The van der Waals surface area contributed by atoms with Crippen molar-refractivity contribution < 1.29 is 14.2 Å². The third-order valence-electron chi connectivity index (χ3n) is 4.03. The second-order valence-electron chi connectivity index (χ2n) is 6.17. The molecule has 3 rings (SSSR count). The van der Waals surface area contributed by atoms with Gasteiger partial charge in [0, 0.05) is 19.3 Å². The van der Waals surface area contributed by atoms with Gasteiger partial charge in [-0.2, -0.15) is 0 Å². The summed E-state index contributed by atoms with van der Waals surface area (Å²) in [6, 6.07) is 9.10. The first-order valence-electron chi connectivity index (χ1n) is 7.88. The van der Waals surface area contributed by atoms with E-state index in [0.717, 1.165) is 10.7 Å². The van der Waals surface area contributed by atoms with Crippen LogP contribution < -0.4 is 0 Å². The maximum absolute atomic E-state index is 12.7. The summed E-state index contributed by atoms with van der Waals surface area (Å²) >= 11 is 1.61. The van der Waals surface area contributed by atoms with Crippen LogP contribution in [-0.2, 0) is 11.3 Å². The van der Waals surface area contributed by atoms with Crippen molar-refractivity contribution in [2.75, 3.05) is 14.1 Å². The Labute approximate surface area is 145 Å². The van der Waals surface area contributed by atoms with Crippen LogP contribution in [0, 0.1) is 0 Å². The predicted octanol–water partition coefficient (Wildman–Crippen LogP) is 2.00. The van der Waals surface area contributed by atoms with Gasteiger partial charge in [0.05, 0.1) is 0 Å². The summed E-state index contributed by atoms with van der Waals surface area (Å²) in [4.78, 5) is 32.2. The van der Waals surface area contributed by atoms with Gasteiger partial charge < -0.3 is 0 Å². The number of nitrogens with zero attached hydrogens (tertiary/aromatic N) is 4. The highest BCUT2D eigenvalue weighted by Crippen LogP contribution is 2.25. The van der Waals surface area contributed by atoms with E-state index in [1.54, 1.807) is 18.8 Å². The number of urea groups is 1. The summed E-state index contributed by atoms with van der Waals surface area (Å²) in [5.74, 6) is 0.286. The zero-order valence-electron chi connectivity index (χ0n) is 14.3. The van der Waals surface area contributed by atoms with Crippen LogP contribution in [0.4, 0.5) is 4.79 Å². The largest absolute Gasteiger partial charge is 0.358 e. The zero-order valence-corrected chi connectivity index (χ0v) is 15.1. The molecule has 6 nitrogen and oxygen atoms in total. The molecule has 0 spiro atoms. The molecule has 2 aliphatic rings. The van der Waals surface area contributed by atoms with Crippen molar-refractivity contribution in [3.63, 3.8) is 0 Å². The number of imide groups is 1. The second kappa shape index (κ2) is 6.39. The van der Waals surface area contributed by atoms with E-state index in [2.05, 4.69) is 18.8 Å². The van der Waals surface area contributed by atoms with Crippen molar-refractivity contribution in [2.24, 2.45) is 4.99 Å². The first-order chi connectivity index (χ1) is 11.4. The van der Waals surface area contributed by atoms with Crippen molar-refractivity contribution in [2.45, 2.75) is 31.7 Å². The quantitative estimate of drug-likeness (QED) is 0.788. The Morgan fingerprint density at radius 1 is 1.17 bits per heavy atom. The van der Waals surface area contributed by atoms with E-state index in [1.807, 2.05) is 34.9 Å². The Morgan fingerprint density at radius 3 is 2.46 bits per heavy atom. The van der Waals surface area contributed by atoms with E-state index >= 15 is 0 Å². The van der Waals surface area contributed by atoms with Gasteiger partial charge in [0.2, 0.25) is 0 Å². The van der Waals surface area contributed by atoms with Crippen molar-refractivity contribution in [3.05, 3.63) is 35.9 Å². The van der Waals surface area contributed by atoms with Gasteiger partial charge in [0.25, 0.3) is 17.8 Å². The lowest BCUT2D eigenvalue weighted by atomic mass is 10.1. The lowest BCUT2D eigenvalue weighted by molar-refractivity contribution is -0.548. The number of carbonyl (C=O) groups is 2. The third kappa shape index (κ3) is 2.84. The van der Waals surface area contributed by atoms with E-state index in [1.165, 1.54) is 16.8 Å². The van der Waals surface area contributed by atoms with E-state index in [0.29, 0.717) is 17.6 Å². The van der Waals surface area contributed by atoms with Crippen LogP contribution in [0.1, 0.15) is 19.4 Å². The molecule has 0 saturated carbocycles. The number of hydrogen-bond acceptors (Lipinski definition) is 4. The van der Waals surface area contributed by atoms with Crippen LogP contribution in [0.5, 0.6) is 0 Å². The lowest BCUT2D eigenvalue weighted by Crippen LogP contribution is -2.61. The fraction of sp³-hybridized carbons (Fsp3) is 0.412. The van der Waals surface area contributed by atoms with Gasteiger partial charge in [-0.3, -0.25) is 14.6 Å². The molecule has 0 bridgehead atoms. The first-order valence-corrected chi connectivity index (χ1v) is 8.76. The summed E-state index contributed by atoms with van der Waals surface area (Å²) in [5.41, 5.74) is 1.10. The maximum atomic E-state index is 12.7. The minimum absolute atomic E-state index is 0.230. The number of rotatable bonds is 3. The number of likely N-dealkylation sites (N-methyl/N-ethyl adjacent to an activating group) is 2. The highest BCUT2D eigenvalue weighted by atomic mass is 32.2. The fourth-order valence-corrected chi connectivity index (χ4v) is 3.69. The van der Waals surface area contributed by atoms with Crippen molar-refractivity contribution >= 4 is 34.7 Å². The lowest BCUT2D eigenvalue weighted by Gasteiger charge is -2.30. The summed E-state index contributed by atoms with van der Waals surface area (Å²) < 4.78 is 2.00. The number of thioether (sulfide) groups is 1. The minimum atomic E-state index is -0.542. The molecule has 0 radical (unpaired) electrons. The van der Waals surface area contributed by atoms with E-state index in [-0.39, 0.29) is 11.9 Å². The maximum Gasteiger partial charge on any atom is 0.358 e. The predicted molar refractivity (Wildman–Crippen MR) is 95.3 cm³/mol. The Kier molecular flexibility index (Phi) is 4.45. The molecule has 1 saturated heterocycles. The Morgan fingerprint density at radius 2 is 1.83 bits per heavy atom. The molecule has 3 amide bonds. The SMILES string of the molecule is CC(C)SC1=[N+](Cc2ccccc2)C2C(=O)N(C)C(=O)N(C)C2=N1. The Bertz CT molecular complexity index is 742. The van der Waals surface area contributed by atoms with Crippen LogP contribution >= 0.6 is 11.8 Å². The molecule has 0 aromatic heterocycles. The molecular formula is C17H21N4O2S+. The molecule has 7 heteroatoms. The molecule has 1 aromatic carbocycles. The molecule has 1 atom stereocenters. The normalized spacial score (nSPS) is 20.9. The smallest absolute Gasteiger partial charge is 0.269 e. The zero-order chi connectivity index (χ0) is 17.4. The molecule has 1 unspecified atom stereocenters. The molecule has 1 aromatic rings. The average Bonchev–Trinajstić information content (AvgIpc) is 2.90. The average molecular weight is 345 g/mol.